The maximum atomic E-state index is 6.19. The minimum absolute atomic E-state index is 0.665. The van der Waals surface area contributed by atoms with Crippen molar-refractivity contribution in [3.8, 4) is 5.75 Å². The van der Waals surface area contributed by atoms with Crippen LogP contribution in [0, 0.1) is 5.92 Å². The van der Waals surface area contributed by atoms with Crippen LogP contribution in [-0.4, -0.2) is 38.3 Å². The van der Waals surface area contributed by atoms with Gasteiger partial charge < -0.3 is 14.4 Å². The fraction of sp³-hybridized carbons (Fsp3) is 0.600. The molecule has 1 aromatic carbocycles. The van der Waals surface area contributed by atoms with E-state index in [-0.39, 0.29) is 0 Å². The van der Waals surface area contributed by atoms with Crippen molar-refractivity contribution >= 4 is 11.6 Å². The molecule has 1 aromatic rings. The predicted octanol–water partition coefficient (Wildman–Crippen LogP) is 2.74. The van der Waals surface area contributed by atoms with Gasteiger partial charge in [0, 0.05) is 36.7 Å². The van der Waals surface area contributed by atoms with Crippen LogP contribution in [0.5, 0.6) is 5.75 Å². The molecule has 0 saturated carbocycles. The van der Waals surface area contributed by atoms with Crippen molar-refractivity contribution in [3.05, 3.63) is 28.3 Å². The van der Waals surface area contributed by atoms with Crippen molar-refractivity contribution in [2.45, 2.75) is 19.4 Å². The molecule has 2 aliphatic rings. The van der Waals surface area contributed by atoms with E-state index in [0.717, 1.165) is 50.1 Å². The average molecular weight is 282 g/mol. The summed E-state index contributed by atoms with van der Waals surface area (Å²) < 4.78 is 11.2. The molecular formula is C15H20ClNO2. The molecule has 1 fully saturated rings. The van der Waals surface area contributed by atoms with Crippen molar-refractivity contribution in [1.29, 1.82) is 0 Å². The predicted molar refractivity (Wildman–Crippen MR) is 75.9 cm³/mol. The molecule has 2 aliphatic heterocycles. The first-order chi connectivity index (χ1) is 9.22. The van der Waals surface area contributed by atoms with Gasteiger partial charge in [0.05, 0.1) is 13.2 Å². The van der Waals surface area contributed by atoms with Gasteiger partial charge in [-0.3, -0.25) is 0 Å². The van der Waals surface area contributed by atoms with E-state index in [0.29, 0.717) is 5.92 Å². The Morgan fingerprint density at radius 3 is 3.05 bits per heavy atom. The highest BCUT2D eigenvalue weighted by Crippen LogP contribution is 2.33. The van der Waals surface area contributed by atoms with E-state index >= 15 is 0 Å². The van der Waals surface area contributed by atoms with Crippen LogP contribution >= 0.6 is 11.6 Å². The molecular weight excluding hydrogens is 262 g/mol. The molecule has 0 aliphatic carbocycles. The molecule has 0 spiro atoms. The number of hydrogen-bond acceptors (Lipinski definition) is 3. The lowest BCUT2D eigenvalue weighted by Gasteiger charge is -2.21. The summed E-state index contributed by atoms with van der Waals surface area (Å²) >= 11 is 6.19. The number of rotatable bonds is 4. The summed E-state index contributed by atoms with van der Waals surface area (Å²) in [6.45, 7) is 4.55. The number of halogens is 1. The smallest absolute Gasteiger partial charge is 0.127 e. The maximum Gasteiger partial charge on any atom is 0.127 e. The van der Waals surface area contributed by atoms with Gasteiger partial charge in [0.15, 0.2) is 0 Å². The molecule has 0 amide bonds. The third kappa shape index (κ3) is 3.04. The lowest BCUT2D eigenvalue weighted by atomic mass is 10.1. The summed E-state index contributed by atoms with van der Waals surface area (Å²) in [4.78, 5) is 2.34. The molecule has 3 nitrogen and oxygen atoms in total. The molecule has 104 valence electrons. The fourth-order valence-corrected chi connectivity index (χ4v) is 3.25. The molecule has 0 radical (unpaired) electrons. The summed E-state index contributed by atoms with van der Waals surface area (Å²) in [5.74, 6) is 1.72. The summed E-state index contributed by atoms with van der Waals surface area (Å²) in [5.41, 5.74) is 2.46. The van der Waals surface area contributed by atoms with E-state index in [1.807, 2.05) is 12.1 Å². The molecule has 0 bridgehead atoms. The van der Waals surface area contributed by atoms with Crippen LogP contribution < -0.4 is 4.74 Å². The van der Waals surface area contributed by atoms with E-state index in [1.54, 1.807) is 0 Å². The molecule has 3 rings (SSSR count). The Balaban J connectivity index is 1.68. The Hall–Kier alpha value is -0.770. The first-order valence-corrected chi connectivity index (χ1v) is 7.30. The summed E-state index contributed by atoms with van der Waals surface area (Å²) in [5, 5.41) is 0.817. The number of hydrogen-bond donors (Lipinski definition) is 0. The lowest BCUT2D eigenvalue weighted by molar-refractivity contribution is 0.172. The Morgan fingerprint density at radius 2 is 2.26 bits per heavy atom. The van der Waals surface area contributed by atoms with Crippen molar-refractivity contribution < 1.29 is 9.47 Å². The number of ether oxygens (including phenoxy) is 2. The van der Waals surface area contributed by atoms with Gasteiger partial charge in [-0.1, -0.05) is 11.6 Å². The van der Waals surface area contributed by atoms with Crippen LogP contribution in [0.25, 0.3) is 0 Å². The molecule has 1 atom stereocenters. The van der Waals surface area contributed by atoms with Gasteiger partial charge in [-0.05, 0) is 37.1 Å². The quantitative estimate of drug-likeness (QED) is 0.847. The van der Waals surface area contributed by atoms with Crippen molar-refractivity contribution in [1.82, 2.24) is 4.90 Å². The zero-order valence-corrected chi connectivity index (χ0v) is 12.1. The third-order valence-corrected chi connectivity index (χ3v) is 4.08. The van der Waals surface area contributed by atoms with Crippen LogP contribution in [0.1, 0.15) is 17.5 Å². The van der Waals surface area contributed by atoms with E-state index in [4.69, 9.17) is 21.1 Å². The number of nitrogens with zero attached hydrogens (tertiary/aromatic N) is 1. The van der Waals surface area contributed by atoms with Crippen LogP contribution in [0.3, 0.4) is 0 Å². The monoisotopic (exact) mass is 281 g/mol. The normalized spacial score (nSPS) is 21.7. The largest absolute Gasteiger partial charge is 0.493 e. The molecule has 0 aromatic heterocycles. The summed E-state index contributed by atoms with van der Waals surface area (Å²) in [6.07, 6.45) is 2.15. The van der Waals surface area contributed by atoms with Gasteiger partial charge in [-0.25, -0.2) is 0 Å². The van der Waals surface area contributed by atoms with Gasteiger partial charge in [-0.15, -0.1) is 0 Å². The molecule has 1 saturated heterocycles. The van der Waals surface area contributed by atoms with E-state index in [1.165, 1.54) is 17.5 Å². The second kappa shape index (κ2) is 5.70. The fourth-order valence-electron chi connectivity index (χ4n) is 2.99. The van der Waals surface area contributed by atoms with Crippen molar-refractivity contribution in [2.75, 3.05) is 33.4 Å². The Labute approximate surface area is 119 Å². The van der Waals surface area contributed by atoms with Crippen molar-refractivity contribution in [2.24, 2.45) is 5.92 Å². The zero-order chi connectivity index (χ0) is 13.2. The van der Waals surface area contributed by atoms with Crippen LogP contribution in [0.2, 0.25) is 5.02 Å². The summed E-state index contributed by atoms with van der Waals surface area (Å²) in [6, 6.07) is 4.06. The molecule has 4 heteroatoms. The highest BCUT2D eigenvalue weighted by atomic mass is 35.5. The zero-order valence-electron chi connectivity index (χ0n) is 11.3. The molecule has 2 heterocycles. The standard InChI is InChI=1S/C15H20ClNO2/c1-17(8-11-2-4-18-10-11)9-13-7-14(16)6-12-3-5-19-15(12)13/h6-7,11H,2-5,8-10H2,1H3. The SMILES string of the molecule is CN(Cc1cc(Cl)cc2c1OCC2)CC1CCOC1. The van der Waals surface area contributed by atoms with Gasteiger partial charge in [-0.2, -0.15) is 0 Å². The first-order valence-electron chi connectivity index (χ1n) is 6.93. The second-order valence-corrected chi connectivity index (χ2v) is 6.01. The highest BCUT2D eigenvalue weighted by Gasteiger charge is 2.21. The Bertz CT molecular complexity index is 458. The van der Waals surface area contributed by atoms with E-state index in [9.17, 15) is 0 Å². The number of benzene rings is 1. The minimum Gasteiger partial charge on any atom is -0.493 e. The number of fused-ring (bicyclic) bond motifs is 1. The van der Waals surface area contributed by atoms with Gasteiger partial charge in [0.1, 0.15) is 5.75 Å². The third-order valence-electron chi connectivity index (χ3n) is 3.86. The Kier molecular flexibility index (Phi) is 3.96. The lowest BCUT2D eigenvalue weighted by Crippen LogP contribution is -2.25. The van der Waals surface area contributed by atoms with Gasteiger partial charge >= 0.3 is 0 Å². The molecule has 19 heavy (non-hydrogen) atoms. The first kappa shape index (κ1) is 13.2. The minimum atomic E-state index is 0.665. The molecule has 1 unspecified atom stereocenters. The van der Waals surface area contributed by atoms with Crippen LogP contribution in [0.4, 0.5) is 0 Å². The van der Waals surface area contributed by atoms with E-state index < -0.39 is 0 Å². The molecule has 0 N–H and O–H groups in total. The topological polar surface area (TPSA) is 21.7 Å². The van der Waals surface area contributed by atoms with Crippen LogP contribution in [0.15, 0.2) is 12.1 Å². The van der Waals surface area contributed by atoms with E-state index in [2.05, 4.69) is 11.9 Å². The van der Waals surface area contributed by atoms with Crippen LogP contribution in [-0.2, 0) is 17.7 Å². The second-order valence-electron chi connectivity index (χ2n) is 5.58. The summed E-state index contributed by atoms with van der Waals surface area (Å²) in [7, 11) is 2.15. The van der Waals surface area contributed by atoms with Crippen molar-refractivity contribution in [3.63, 3.8) is 0 Å². The van der Waals surface area contributed by atoms with Gasteiger partial charge in [0.25, 0.3) is 0 Å². The Morgan fingerprint density at radius 1 is 1.37 bits per heavy atom. The highest BCUT2D eigenvalue weighted by molar-refractivity contribution is 6.30. The average Bonchev–Trinajstić information content (AvgIpc) is 2.99. The van der Waals surface area contributed by atoms with Gasteiger partial charge in [0.2, 0.25) is 0 Å². The maximum absolute atomic E-state index is 6.19.